The molecule has 13 nitrogen and oxygen atoms in total. The van der Waals surface area contributed by atoms with Gasteiger partial charge in [0.25, 0.3) is 0 Å². The minimum Gasteiger partial charge on any atom is -0.414 e. The van der Waals surface area contributed by atoms with Crippen LogP contribution in [-0.2, 0) is 61.4 Å². The molecule has 0 heterocycles. The molecule has 0 aliphatic rings. The Kier molecular flexibility index (Phi) is 39.6. The highest BCUT2D eigenvalue weighted by molar-refractivity contribution is 7.87. The highest BCUT2D eigenvalue weighted by atomic mass is 32.2. The van der Waals surface area contributed by atoms with Gasteiger partial charge in [0.2, 0.25) is 0 Å². The Bertz CT molecular complexity index is 1290. The van der Waals surface area contributed by atoms with E-state index in [0.29, 0.717) is 65.3 Å². The number of hydrogen-bond donors (Lipinski definition) is 0. The molecule has 0 saturated heterocycles. The Balaban J connectivity index is 7.60. The molecule has 0 amide bonds. The van der Waals surface area contributed by atoms with Crippen molar-refractivity contribution in [3.8, 4) is 0 Å². The van der Waals surface area contributed by atoms with E-state index in [1.54, 1.807) is 0 Å². The number of hydrogen-bond acceptors (Lipinski definition) is 13. The maximum Gasteiger partial charge on any atom is 0.523 e. The van der Waals surface area contributed by atoms with E-state index in [1.165, 1.54) is 0 Å². The predicted molar refractivity (Wildman–Crippen MR) is 272 cm³/mol. The summed E-state index contributed by atoms with van der Waals surface area (Å²) in [4.78, 5) is 0. The van der Waals surface area contributed by atoms with Gasteiger partial charge in [0.1, 0.15) is 48.8 Å². The van der Waals surface area contributed by atoms with E-state index >= 15 is 0 Å². The minimum atomic E-state index is -5.95. The lowest BCUT2D eigenvalue weighted by Crippen LogP contribution is -2.55. The van der Waals surface area contributed by atoms with Gasteiger partial charge in [0, 0.05) is 52.9 Å². The van der Waals surface area contributed by atoms with E-state index in [-0.39, 0.29) is 38.1 Å². The third-order valence-corrected chi connectivity index (χ3v) is 17.8. The first-order valence-corrected chi connectivity index (χ1v) is 31.2. The second-order valence-electron chi connectivity index (χ2n) is 19.6. The summed E-state index contributed by atoms with van der Waals surface area (Å²) in [6.45, 7) is 29.9. The number of rotatable bonds is 48. The summed E-state index contributed by atoms with van der Waals surface area (Å²) in [6, 6.07) is 0. The van der Waals surface area contributed by atoms with Gasteiger partial charge < -0.3 is 47.1 Å². The lowest BCUT2D eigenvalue weighted by atomic mass is 10.0. The fraction of sp³-hybridized carbons (Fsp3) is 1.00. The van der Waals surface area contributed by atoms with Crippen LogP contribution < -0.4 is 0 Å². The van der Waals surface area contributed by atoms with Crippen LogP contribution >= 0.6 is 0 Å². The Hall–Kier alpha value is -0.483. The van der Waals surface area contributed by atoms with Crippen LogP contribution in [0.15, 0.2) is 0 Å². The summed E-state index contributed by atoms with van der Waals surface area (Å²) in [5, 5.41) is -0.0282. The van der Waals surface area contributed by atoms with Gasteiger partial charge in [-0.2, -0.15) is 21.6 Å². The van der Waals surface area contributed by atoms with Gasteiger partial charge in [-0.1, -0.05) is 128 Å². The number of ether oxygens (including phenoxy) is 9. The van der Waals surface area contributed by atoms with Crippen LogP contribution in [-0.4, -0.2) is 150 Å². The first-order valence-electron chi connectivity index (χ1n) is 26.9. The van der Waals surface area contributed by atoms with E-state index in [1.807, 2.05) is 27.7 Å². The largest absolute Gasteiger partial charge is 0.523 e. The molecule has 0 saturated carbocycles. The summed E-state index contributed by atoms with van der Waals surface area (Å²) in [7, 11) is -8.16. The molecular weight excluding hydrogens is 938 g/mol. The summed E-state index contributed by atoms with van der Waals surface area (Å²) in [5.74, 6) is 0. The molecule has 0 N–H and O–H groups in total. The third-order valence-electron chi connectivity index (χ3n) is 12.3. The van der Waals surface area contributed by atoms with Crippen molar-refractivity contribution >= 4 is 18.4 Å². The number of halogens is 3. The molecule has 0 aliphatic heterocycles. The molecule has 0 spiro atoms. The van der Waals surface area contributed by atoms with Crippen LogP contribution in [0.25, 0.3) is 0 Å². The quantitative estimate of drug-likeness (QED) is 0.0248. The first-order chi connectivity index (χ1) is 32.8. The zero-order valence-corrected chi connectivity index (χ0v) is 47.6. The normalized spacial score (nSPS) is 16.6. The van der Waals surface area contributed by atoms with Crippen LogP contribution in [0.4, 0.5) is 13.2 Å². The summed E-state index contributed by atoms with van der Waals surface area (Å²) in [6.07, 6.45) is 6.37. The molecule has 0 aromatic carbocycles. The number of alkyl halides is 3. The second kappa shape index (κ2) is 39.9. The number of unbranched alkanes of at least 4 members (excludes halogenated alkanes) is 8. The Morgan fingerprint density at radius 2 is 0.652 bits per heavy atom. The van der Waals surface area contributed by atoms with E-state index in [4.69, 9.17) is 47.1 Å². The maximum absolute atomic E-state index is 13.6. The van der Waals surface area contributed by atoms with Crippen molar-refractivity contribution in [1.82, 2.24) is 0 Å². The summed E-state index contributed by atoms with van der Waals surface area (Å²) < 4.78 is 137. The molecular formula is C51H103F3O13SSi. The predicted octanol–water partition coefficient (Wildman–Crippen LogP) is 12.4. The second-order valence-corrected chi connectivity index (χ2v) is 26.0. The zero-order valence-electron chi connectivity index (χ0n) is 45.8. The summed E-state index contributed by atoms with van der Waals surface area (Å²) >= 11 is 0. The molecule has 416 valence electrons. The van der Waals surface area contributed by atoms with Gasteiger partial charge in [0.05, 0.1) is 26.4 Å². The molecule has 0 rings (SSSR count). The van der Waals surface area contributed by atoms with Gasteiger partial charge in [-0.3, -0.25) is 4.18 Å². The van der Waals surface area contributed by atoms with Crippen molar-refractivity contribution in [2.75, 3.05) is 79.3 Å². The van der Waals surface area contributed by atoms with Crippen LogP contribution in [0, 0.1) is 0 Å². The van der Waals surface area contributed by atoms with Crippen molar-refractivity contribution in [3.05, 3.63) is 0 Å². The molecule has 8 atom stereocenters. The van der Waals surface area contributed by atoms with Crippen molar-refractivity contribution in [2.45, 2.75) is 251 Å². The van der Waals surface area contributed by atoms with Crippen LogP contribution in [0.3, 0.4) is 0 Å². The zero-order chi connectivity index (χ0) is 52.2. The molecule has 18 heteroatoms. The van der Waals surface area contributed by atoms with Crippen molar-refractivity contribution < 1.29 is 72.8 Å². The van der Waals surface area contributed by atoms with Gasteiger partial charge >= 0.3 is 15.6 Å². The van der Waals surface area contributed by atoms with Crippen molar-refractivity contribution in [2.24, 2.45) is 0 Å². The average molecular weight is 1040 g/mol. The molecule has 0 aromatic rings. The Morgan fingerprint density at radius 3 is 0.899 bits per heavy atom. The molecule has 0 bridgehead atoms. The smallest absolute Gasteiger partial charge is 0.414 e. The monoisotopic (exact) mass is 1040 g/mol. The molecule has 0 radical (unpaired) electrons. The van der Waals surface area contributed by atoms with Gasteiger partial charge in [-0.15, -0.1) is 0 Å². The van der Waals surface area contributed by atoms with E-state index in [0.717, 1.165) is 77.0 Å². The van der Waals surface area contributed by atoms with Crippen LogP contribution in [0.5, 0.6) is 0 Å². The minimum absolute atomic E-state index is 0.0282. The first kappa shape index (κ1) is 68.5. The Morgan fingerprint density at radius 1 is 0.406 bits per heavy atom. The maximum atomic E-state index is 13.6. The fourth-order valence-corrected chi connectivity index (χ4v) is 8.07. The fourth-order valence-electron chi connectivity index (χ4n) is 6.61. The molecule has 69 heavy (non-hydrogen) atoms. The third kappa shape index (κ3) is 29.3. The Labute approximate surface area is 420 Å². The van der Waals surface area contributed by atoms with E-state index < -0.39 is 79.4 Å². The highest BCUT2D eigenvalue weighted by Crippen LogP contribution is 2.37. The molecule has 0 fully saturated rings. The van der Waals surface area contributed by atoms with Gasteiger partial charge in [0.15, 0.2) is 8.32 Å². The van der Waals surface area contributed by atoms with Gasteiger partial charge in [-0.05, 0) is 69.5 Å². The standard InChI is InChI=1S/C51H103F3O13SSi/c1-14-22-30-58-42(46(62-34-26-18-5)48(64-36-28-20-7)44(60-32-24-16-3)40-66-68(55,56)51(52,53)54)38-57-39-43(59-31-23-15-2)47(63-35-27-19-6)49(65-37-29-21-8)45(61-33-25-17-4)41-67-69(12,13)50(9,10)11/h42-49H,14-41H2,1-13H3/t42-,43-,44-,45-,46-,47-,48-,49-/m1/s1. The van der Waals surface area contributed by atoms with Gasteiger partial charge in [-0.25, -0.2) is 0 Å². The van der Waals surface area contributed by atoms with Crippen LogP contribution in [0.1, 0.15) is 179 Å². The molecule has 0 unspecified atom stereocenters. The topological polar surface area (TPSA) is 136 Å². The highest BCUT2D eigenvalue weighted by Gasteiger charge is 2.49. The SMILES string of the molecule is CCCCO[C@@H]([C@H](OCCCC)[C@@H](CO[Si](C)(C)C(C)(C)C)OCCCC)[C@@H](COC[C@@H](OCCCC)[C@@H](OCCCC)[C@H](OCCCC)[C@@H](COS(=O)(=O)C(F)(F)F)OCCCC)OCCCC. The summed E-state index contributed by atoms with van der Waals surface area (Å²) in [5.41, 5.74) is -5.62. The molecule has 0 aliphatic carbocycles. The van der Waals surface area contributed by atoms with E-state index in [2.05, 4.69) is 65.7 Å². The lowest BCUT2D eigenvalue weighted by molar-refractivity contribution is -0.207. The van der Waals surface area contributed by atoms with Crippen molar-refractivity contribution in [1.29, 1.82) is 0 Å². The van der Waals surface area contributed by atoms with Crippen molar-refractivity contribution in [3.63, 3.8) is 0 Å². The van der Waals surface area contributed by atoms with E-state index in [9.17, 15) is 21.6 Å². The lowest BCUT2D eigenvalue weighted by Gasteiger charge is -2.41. The molecule has 0 aromatic heterocycles. The van der Waals surface area contributed by atoms with Crippen LogP contribution in [0.2, 0.25) is 18.1 Å². The average Bonchev–Trinajstić information content (AvgIpc) is 3.29.